The molecule has 0 N–H and O–H groups in total. The lowest BCUT2D eigenvalue weighted by Crippen LogP contribution is -2.31. The summed E-state index contributed by atoms with van der Waals surface area (Å²) in [5.41, 5.74) is 3.04. The van der Waals surface area contributed by atoms with E-state index < -0.39 is 11.6 Å². The maximum atomic E-state index is 13.8. The van der Waals surface area contributed by atoms with E-state index in [1.807, 2.05) is 41.4 Å². The van der Waals surface area contributed by atoms with Gasteiger partial charge in [0.25, 0.3) is 0 Å². The fourth-order valence-electron chi connectivity index (χ4n) is 3.05. The van der Waals surface area contributed by atoms with Crippen LogP contribution in [0.4, 0.5) is 8.78 Å². The summed E-state index contributed by atoms with van der Waals surface area (Å²) in [4.78, 5) is 14.6. The third kappa shape index (κ3) is 3.25. The van der Waals surface area contributed by atoms with Gasteiger partial charge in [-0.05, 0) is 0 Å². The van der Waals surface area contributed by atoms with Crippen molar-refractivity contribution in [3.63, 3.8) is 0 Å². The first kappa shape index (κ1) is 15.8. The van der Waals surface area contributed by atoms with Crippen molar-refractivity contribution in [1.82, 2.24) is 19.9 Å². The molecule has 6 heteroatoms. The van der Waals surface area contributed by atoms with Crippen LogP contribution in [0.5, 0.6) is 0 Å². The second kappa shape index (κ2) is 6.64. The molecule has 0 bridgehead atoms. The fraction of sp³-hybridized carbons (Fsp3) is 0.211. The first-order valence-electron chi connectivity index (χ1n) is 8.11. The van der Waals surface area contributed by atoms with Crippen LogP contribution in [0, 0.1) is 11.6 Å². The number of nitrogens with zero attached hydrogens (tertiary/aromatic N) is 4. The molecule has 4 rings (SSSR count). The predicted molar refractivity (Wildman–Crippen MR) is 89.4 cm³/mol. The number of hydrogen-bond donors (Lipinski definition) is 0. The minimum absolute atomic E-state index is 0.0558. The van der Waals surface area contributed by atoms with Crippen LogP contribution < -0.4 is 0 Å². The van der Waals surface area contributed by atoms with E-state index >= 15 is 0 Å². The minimum Gasteiger partial charge on any atom is -0.294 e. The summed E-state index contributed by atoms with van der Waals surface area (Å²) < 4.78 is 27.6. The molecule has 126 valence electrons. The Balaban J connectivity index is 1.54. The maximum absolute atomic E-state index is 13.8. The Morgan fingerprint density at radius 2 is 1.76 bits per heavy atom. The van der Waals surface area contributed by atoms with E-state index in [0.29, 0.717) is 18.9 Å². The smallest absolute Gasteiger partial charge is 0.159 e. The molecule has 0 unspecified atom stereocenters. The average molecular weight is 338 g/mol. The molecule has 0 radical (unpaired) electrons. The molecule has 4 nitrogen and oxygen atoms in total. The van der Waals surface area contributed by atoms with Crippen molar-refractivity contribution in [3.05, 3.63) is 77.4 Å². The van der Waals surface area contributed by atoms with Gasteiger partial charge in [-0.25, -0.2) is 18.7 Å². The monoisotopic (exact) mass is 338 g/mol. The van der Waals surface area contributed by atoms with Crippen LogP contribution in [0.15, 0.2) is 48.9 Å². The van der Waals surface area contributed by atoms with E-state index in [9.17, 15) is 8.78 Å². The van der Waals surface area contributed by atoms with E-state index in [2.05, 4.69) is 15.0 Å². The fourth-order valence-corrected chi connectivity index (χ4v) is 3.05. The number of halogens is 2. The zero-order valence-electron chi connectivity index (χ0n) is 13.5. The lowest BCUT2D eigenvalue weighted by atomic mass is 10.1. The Kier molecular flexibility index (Phi) is 4.19. The molecule has 3 heterocycles. The SMILES string of the molecule is Fc1cncc(F)c1CN1CCc2nc(-c3ccccc3)ncc2C1. The summed E-state index contributed by atoms with van der Waals surface area (Å²) >= 11 is 0. The summed E-state index contributed by atoms with van der Waals surface area (Å²) in [7, 11) is 0. The highest BCUT2D eigenvalue weighted by Crippen LogP contribution is 2.23. The highest BCUT2D eigenvalue weighted by atomic mass is 19.1. The Morgan fingerprint density at radius 1 is 1.00 bits per heavy atom. The van der Waals surface area contributed by atoms with E-state index in [1.54, 1.807) is 0 Å². The van der Waals surface area contributed by atoms with Gasteiger partial charge in [-0.3, -0.25) is 9.88 Å². The van der Waals surface area contributed by atoms with Crippen molar-refractivity contribution in [1.29, 1.82) is 0 Å². The summed E-state index contributed by atoms with van der Waals surface area (Å²) in [5.74, 6) is -0.512. The molecule has 25 heavy (non-hydrogen) atoms. The number of aromatic nitrogens is 3. The number of benzene rings is 1. The van der Waals surface area contributed by atoms with Crippen molar-refractivity contribution in [2.24, 2.45) is 0 Å². The van der Waals surface area contributed by atoms with Crippen molar-refractivity contribution >= 4 is 0 Å². The highest BCUT2D eigenvalue weighted by molar-refractivity contribution is 5.54. The second-order valence-corrected chi connectivity index (χ2v) is 6.07. The van der Waals surface area contributed by atoms with Crippen LogP contribution >= 0.6 is 0 Å². The molecule has 0 saturated carbocycles. The molecule has 0 spiro atoms. The molecule has 0 aliphatic carbocycles. The Bertz CT molecular complexity index is 879. The van der Waals surface area contributed by atoms with Gasteiger partial charge in [0.1, 0.15) is 11.6 Å². The summed E-state index contributed by atoms with van der Waals surface area (Å²) in [6, 6.07) is 9.82. The number of rotatable bonds is 3. The first-order chi connectivity index (χ1) is 12.2. The topological polar surface area (TPSA) is 41.9 Å². The van der Waals surface area contributed by atoms with Gasteiger partial charge >= 0.3 is 0 Å². The molecule has 0 fully saturated rings. The zero-order valence-corrected chi connectivity index (χ0v) is 13.5. The zero-order chi connectivity index (χ0) is 17.2. The molecule has 1 aliphatic rings. The molecule has 0 atom stereocenters. The van der Waals surface area contributed by atoms with E-state index in [1.165, 1.54) is 0 Å². The second-order valence-electron chi connectivity index (χ2n) is 6.07. The highest BCUT2D eigenvalue weighted by Gasteiger charge is 2.21. The van der Waals surface area contributed by atoms with Gasteiger partial charge in [0.15, 0.2) is 5.82 Å². The average Bonchev–Trinajstić information content (AvgIpc) is 2.65. The summed E-state index contributed by atoms with van der Waals surface area (Å²) in [5, 5.41) is 0. The number of fused-ring (bicyclic) bond motifs is 1. The van der Waals surface area contributed by atoms with E-state index in [0.717, 1.165) is 35.6 Å². The Morgan fingerprint density at radius 3 is 2.52 bits per heavy atom. The molecule has 2 aromatic heterocycles. The van der Waals surface area contributed by atoms with Gasteiger partial charge < -0.3 is 0 Å². The van der Waals surface area contributed by atoms with Crippen LogP contribution in [0.1, 0.15) is 16.8 Å². The van der Waals surface area contributed by atoms with Gasteiger partial charge in [0.2, 0.25) is 0 Å². The molecular weight excluding hydrogens is 322 g/mol. The molecule has 3 aromatic rings. The lowest BCUT2D eigenvalue weighted by molar-refractivity contribution is 0.235. The molecule has 1 aromatic carbocycles. The van der Waals surface area contributed by atoms with Crippen LogP contribution in [-0.4, -0.2) is 26.4 Å². The standard InChI is InChI=1S/C19H16F2N4/c20-16-9-22-10-17(21)15(16)12-25-7-6-18-14(11-25)8-23-19(24-18)13-4-2-1-3-5-13/h1-5,8-10H,6-7,11-12H2. The molecular formula is C19H16F2N4. The molecule has 1 aliphatic heterocycles. The quantitative estimate of drug-likeness (QED) is 0.734. The van der Waals surface area contributed by atoms with Crippen LogP contribution in [0.25, 0.3) is 11.4 Å². The van der Waals surface area contributed by atoms with Gasteiger partial charge in [-0.15, -0.1) is 0 Å². The number of pyridine rings is 1. The molecule has 0 amide bonds. The van der Waals surface area contributed by atoms with Crippen LogP contribution in [0.2, 0.25) is 0 Å². The van der Waals surface area contributed by atoms with Crippen LogP contribution in [-0.2, 0) is 19.5 Å². The predicted octanol–water partition coefficient (Wildman–Crippen LogP) is 3.38. The van der Waals surface area contributed by atoms with E-state index in [4.69, 9.17) is 0 Å². The van der Waals surface area contributed by atoms with Gasteiger partial charge in [-0.2, -0.15) is 0 Å². The lowest BCUT2D eigenvalue weighted by Gasteiger charge is -2.28. The van der Waals surface area contributed by atoms with Crippen molar-refractivity contribution in [2.45, 2.75) is 19.5 Å². The summed E-state index contributed by atoms with van der Waals surface area (Å²) in [6.07, 6.45) is 4.64. The maximum Gasteiger partial charge on any atom is 0.159 e. The minimum atomic E-state index is -0.610. The number of hydrogen-bond acceptors (Lipinski definition) is 4. The third-order valence-electron chi connectivity index (χ3n) is 4.38. The van der Waals surface area contributed by atoms with Gasteiger partial charge in [0, 0.05) is 48.9 Å². The largest absolute Gasteiger partial charge is 0.294 e. The van der Waals surface area contributed by atoms with Gasteiger partial charge in [0.05, 0.1) is 18.1 Å². The van der Waals surface area contributed by atoms with E-state index in [-0.39, 0.29) is 12.1 Å². The third-order valence-corrected chi connectivity index (χ3v) is 4.38. The Labute approximate surface area is 144 Å². The first-order valence-corrected chi connectivity index (χ1v) is 8.11. The summed E-state index contributed by atoms with van der Waals surface area (Å²) in [6.45, 7) is 1.48. The van der Waals surface area contributed by atoms with Gasteiger partial charge in [-0.1, -0.05) is 30.3 Å². The van der Waals surface area contributed by atoms with Crippen molar-refractivity contribution in [2.75, 3.05) is 6.54 Å². The van der Waals surface area contributed by atoms with Crippen molar-refractivity contribution in [3.8, 4) is 11.4 Å². The Hall–Kier alpha value is -2.73. The normalized spacial score (nSPS) is 14.3. The van der Waals surface area contributed by atoms with Crippen molar-refractivity contribution < 1.29 is 8.78 Å². The molecule has 0 saturated heterocycles. The van der Waals surface area contributed by atoms with Crippen LogP contribution in [0.3, 0.4) is 0 Å².